The van der Waals surface area contributed by atoms with E-state index < -0.39 is 11.6 Å². The van der Waals surface area contributed by atoms with Crippen LogP contribution in [0.3, 0.4) is 0 Å². The summed E-state index contributed by atoms with van der Waals surface area (Å²) < 4.78 is 26.0. The van der Waals surface area contributed by atoms with Crippen LogP contribution in [0.25, 0.3) is 0 Å². The normalized spacial score (nSPS) is 10.6. The van der Waals surface area contributed by atoms with E-state index in [0.29, 0.717) is 22.0 Å². The molecule has 0 aliphatic heterocycles. The van der Waals surface area contributed by atoms with Gasteiger partial charge in [-0.1, -0.05) is 11.6 Å². The molecule has 0 heterocycles. The predicted octanol–water partition coefficient (Wildman–Crippen LogP) is 4.49. The summed E-state index contributed by atoms with van der Waals surface area (Å²) in [6.07, 6.45) is 0. The largest absolute Gasteiger partial charge is 0.399 e. The Morgan fingerprint density at radius 3 is 2.33 bits per heavy atom. The Morgan fingerprint density at radius 2 is 1.72 bits per heavy atom. The Morgan fingerprint density at radius 1 is 1.06 bits per heavy atom. The van der Waals surface area contributed by atoms with Crippen molar-refractivity contribution in [3.8, 4) is 0 Å². The molecule has 2 aromatic rings. The Labute approximate surface area is 113 Å². The molecule has 0 saturated heterocycles. The van der Waals surface area contributed by atoms with Gasteiger partial charge in [-0.3, -0.25) is 0 Å². The van der Waals surface area contributed by atoms with Crippen LogP contribution in [0.2, 0.25) is 5.02 Å². The number of nitrogens with two attached hydrogens (primary N) is 1. The van der Waals surface area contributed by atoms with Gasteiger partial charge in [-0.2, -0.15) is 0 Å². The number of hydrogen-bond acceptors (Lipinski definition) is 2. The van der Waals surface area contributed by atoms with Crippen LogP contribution in [-0.2, 0) is 5.75 Å². The molecule has 0 bridgehead atoms. The van der Waals surface area contributed by atoms with E-state index in [4.69, 9.17) is 17.3 Å². The first-order valence-corrected chi connectivity index (χ1v) is 6.54. The molecule has 0 atom stereocenters. The van der Waals surface area contributed by atoms with Gasteiger partial charge in [-0.15, -0.1) is 11.8 Å². The molecule has 0 amide bonds. The van der Waals surface area contributed by atoms with Crippen LogP contribution < -0.4 is 5.73 Å². The zero-order valence-electron chi connectivity index (χ0n) is 9.29. The molecular formula is C13H10ClF2NS. The van der Waals surface area contributed by atoms with Crippen LogP contribution in [0.15, 0.2) is 41.3 Å². The molecule has 94 valence electrons. The van der Waals surface area contributed by atoms with Crippen molar-refractivity contribution in [1.82, 2.24) is 0 Å². The fourth-order valence-electron chi connectivity index (χ4n) is 1.49. The minimum absolute atomic E-state index is 0.443. The third-order valence-corrected chi connectivity index (χ3v) is 3.84. The van der Waals surface area contributed by atoms with Crippen LogP contribution in [0, 0.1) is 11.6 Å². The monoisotopic (exact) mass is 285 g/mol. The maximum Gasteiger partial charge on any atom is 0.126 e. The van der Waals surface area contributed by atoms with Crippen molar-refractivity contribution in [2.24, 2.45) is 0 Å². The van der Waals surface area contributed by atoms with Crippen molar-refractivity contribution in [3.05, 3.63) is 58.6 Å². The van der Waals surface area contributed by atoms with Gasteiger partial charge in [0.05, 0.1) is 5.02 Å². The molecule has 1 nitrogen and oxygen atoms in total. The number of anilines is 1. The van der Waals surface area contributed by atoms with Crippen LogP contribution in [0.1, 0.15) is 5.56 Å². The van der Waals surface area contributed by atoms with E-state index in [1.807, 2.05) is 0 Å². The second kappa shape index (κ2) is 5.59. The second-order valence-corrected chi connectivity index (χ2v) is 5.18. The van der Waals surface area contributed by atoms with Crippen molar-refractivity contribution in [2.45, 2.75) is 10.6 Å². The molecule has 0 radical (unpaired) electrons. The van der Waals surface area contributed by atoms with E-state index in [0.717, 1.165) is 11.0 Å². The van der Waals surface area contributed by atoms with Gasteiger partial charge in [-0.25, -0.2) is 8.78 Å². The first-order chi connectivity index (χ1) is 8.54. The maximum absolute atomic E-state index is 13.0. The summed E-state index contributed by atoms with van der Waals surface area (Å²) in [6.45, 7) is 0. The van der Waals surface area contributed by atoms with E-state index in [1.165, 1.54) is 23.9 Å². The lowest BCUT2D eigenvalue weighted by Crippen LogP contribution is -1.88. The summed E-state index contributed by atoms with van der Waals surface area (Å²) in [5.74, 6) is -0.707. The Kier molecular flexibility index (Phi) is 4.09. The third-order valence-electron chi connectivity index (χ3n) is 2.27. The highest BCUT2D eigenvalue weighted by Gasteiger charge is 2.04. The van der Waals surface area contributed by atoms with E-state index in [9.17, 15) is 8.78 Å². The highest BCUT2D eigenvalue weighted by molar-refractivity contribution is 7.98. The molecule has 0 spiro atoms. The average Bonchev–Trinajstić information content (AvgIpc) is 2.26. The Balaban J connectivity index is 2.11. The molecule has 2 rings (SSSR count). The topological polar surface area (TPSA) is 26.0 Å². The van der Waals surface area contributed by atoms with E-state index in [2.05, 4.69) is 0 Å². The van der Waals surface area contributed by atoms with E-state index in [1.54, 1.807) is 18.2 Å². The van der Waals surface area contributed by atoms with Gasteiger partial charge in [-0.05, 0) is 35.9 Å². The van der Waals surface area contributed by atoms with Crippen molar-refractivity contribution in [3.63, 3.8) is 0 Å². The molecule has 0 aliphatic carbocycles. The standard InChI is InChI=1S/C13H10ClF2NS/c14-12-6-11(17)1-2-13(12)18-7-8-3-9(15)5-10(16)4-8/h1-6H,7,17H2. The van der Waals surface area contributed by atoms with Crippen LogP contribution >= 0.6 is 23.4 Å². The molecule has 0 unspecified atom stereocenters. The molecule has 0 fully saturated rings. The fraction of sp³-hybridized carbons (Fsp3) is 0.0769. The minimum Gasteiger partial charge on any atom is -0.399 e. The van der Waals surface area contributed by atoms with Gasteiger partial charge >= 0.3 is 0 Å². The average molecular weight is 286 g/mol. The number of rotatable bonds is 3. The van der Waals surface area contributed by atoms with Gasteiger partial charge in [0.15, 0.2) is 0 Å². The van der Waals surface area contributed by atoms with Gasteiger partial charge < -0.3 is 5.73 Å². The molecule has 2 N–H and O–H groups in total. The van der Waals surface area contributed by atoms with E-state index >= 15 is 0 Å². The lowest BCUT2D eigenvalue weighted by molar-refractivity contribution is 0.581. The predicted molar refractivity (Wildman–Crippen MR) is 71.8 cm³/mol. The molecule has 5 heteroatoms. The summed E-state index contributed by atoms with van der Waals surface area (Å²) in [5, 5.41) is 0.539. The quantitative estimate of drug-likeness (QED) is 0.664. The minimum atomic E-state index is -0.575. The molecule has 2 aromatic carbocycles. The Hall–Kier alpha value is -1.26. The zero-order chi connectivity index (χ0) is 13.1. The van der Waals surface area contributed by atoms with Crippen LogP contribution in [0.5, 0.6) is 0 Å². The molecule has 18 heavy (non-hydrogen) atoms. The number of hydrogen-bond donors (Lipinski definition) is 1. The first kappa shape index (κ1) is 13.2. The molecule has 0 saturated carbocycles. The van der Waals surface area contributed by atoms with Gasteiger partial charge in [0, 0.05) is 22.4 Å². The maximum atomic E-state index is 13.0. The first-order valence-electron chi connectivity index (χ1n) is 5.17. The number of benzene rings is 2. The highest BCUT2D eigenvalue weighted by Crippen LogP contribution is 2.31. The number of nitrogen functional groups attached to an aromatic ring is 1. The smallest absolute Gasteiger partial charge is 0.126 e. The molecular weight excluding hydrogens is 276 g/mol. The second-order valence-electron chi connectivity index (χ2n) is 3.76. The summed E-state index contributed by atoms with van der Waals surface area (Å²) >= 11 is 7.41. The number of thioether (sulfide) groups is 1. The summed E-state index contributed by atoms with van der Waals surface area (Å²) in [6, 6.07) is 8.64. The summed E-state index contributed by atoms with van der Waals surface area (Å²) in [7, 11) is 0. The summed E-state index contributed by atoms with van der Waals surface area (Å²) in [5.41, 5.74) is 6.74. The lowest BCUT2D eigenvalue weighted by atomic mass is 10.2. The fourth-order valence-corrected chi connectivity index (χ4v) is 2.69. The summed E-state index contributed by atoms with van der Waals surface area (Å²) in [4.78, 5) is 0.829. The third kappa shape index (κ3) is 3.37. The van der Waals surface area contributed by atoms with Crippen molar-refractivity contribution in [1.29, 1.82) is 0 Å². The lowest BCUT2D eigenvalue weighted by Gasteiger charge is -2.05. The van der Waals surface area contributed by atoms with Gasteiger partial charge in [0.1, 0.15) is 11.6 Å². The van der Waals surface area contributed by atoms with Crippen LogP contribution in [-0.4, -0.2) is 0 Å². The Bertz CT molecular complexity index is 555. The van der Waals surface area contributed by atoms with Crippen molar-refractivity contribution < 1.29 is 8.78 Å². The molecule has 0 aliphatic rings. The van der Waals surface area contributed by atoms with Gasteiger partial charge in [0.2, 0.25) is 0 Å². The van der Waals surface area contributed by atoms with Crippen molar-refractivity contribution >= 4 is 29.1 Å². The SMILES string of the molecule is Nc1ccc(SCc2cc(F)cc(F)c2)c(Cl)c1. The highest BCUT2D eigenvalue weighted by atomic mass is 35.5. The molecule has 0 aromatic heterocycles. The van der Waals surface area contributed by atoms with Crippen LogP contribution in [0.4, 0.5) is 14.5 Å². The number of halogens is 3. The van der Waals surface area contributed by atoms with Gasteiger partial charge in [0.25, 0.3) is 0 Å². The van der Waals surface area contributed by atoms with E-state index in [-0.39, 0.29) is 0 Å². The zero-order valence-corrected chi connectivity index (χ0v) is 10.9. The van der Waals surface area contributed by atoms with Crippen molar-refractivity contribution in [2.75, 3.05) is 5.73 Å².